The SMILES string of the molecule is C=CCOc1ccc(OC(=O)c2ccc(C3CCC4CC(CC/C=C/C)CCC4C3)c(F)c2)c(F)c1. The Morgan fingerprint density at radius 2 is 1.83 bits per heavy atom. The van der Waals surface area contributed by atoms with Crippen molar-refractivity contribution in [1.82, 2.24) is 0 Å². The molecule has 0 N–H and O–H groups in total. The lowest BCUT2D eigenvalue weighted by atomic mass is 9.63. The molecule has 5 heteroatoms. The summed E-state index contributed by atoms with van der Waals surface area (Å²) in [6, 6.07) is 8.49. The summed E-state index contributed by atoms with van der Waals surface area (Å²) in [5.41, 5.74) is 0.744. The van der Waals surface area contributed by atoms with Crippen LogP contribution < -0.4 is 9.47 Å². The number of rotatable bonds is 9. The van der Waals surface area contributed by atoms with E-state index in [0.29, 0.717) is 17.2 Å². The molecule has 0 aromatic heterocycles. The van der Waals surface area contributed by atoms with Crippen molar-refractivity contribution in [3.05, 3.63) is 84.0 Å². The second-order valence-electron chi connectivity index (χ2n) is 10.2. The van der Waals surface area contributed by atoms with Crippen LogP contribution in [0.1, 0.15) is 80.1 Å². The Morgan fingerprint density at radius 3 is 2.58 bits per heavy atom. The zero-order valence-electron chi connectivity index (χ0n) is 21.1. The molecule has 0 aliphatic heterocycles. The first-order chi connectivity index (χ1) is 17.5. The number of benzene rings is 2. The quantitative estimate of drug-likeness (QED) is 0.199. The van der Waals surface area contributed by atoms with Crippen molar-refractivity contribution in [3.63, 3.8) is 0 Å². The molecule has 2 aromatic carbocycles. The van der Waals surface area contributed by atoms with Gasteiger partial charge in [0.05, 0.1) is 5.56 Å². The Morgan fingerprint density at radius 1 is 1.03 bits per heavy atom. The van der Waals surface area contributed by atoms with Crippen LogP contribution in [-0.2, 0) is 0 Å². The first-order valence-corrected chi connectivity index (χ1v) is 13.1. The van der Waals surface area contributed by atoms with Gasteiger partial charge in [-0.15, -0.1) is 0 Å². The molecule has 36 heavy (non-hydrogen) atoms. The summed E-state index contributed by atoms with van der Waals surface area (Å²) in [6.45, 7) is 5.86. The Labute approximate surface area is 213 Å². The molecule has 2 aliphatic rings. The number of ether oxygens (including phenoxy) is 2. The summed E-state index contributed by atoms with van der Waals surface area (Å²) in [5, 5.41) is 0. The summed E-state index contributed by atoms with van der Waals surface area (Å²) in [5.74, 6) is 0.585. The fourth-order valence-corrected chi connectivity index (χ4v) is 5.98. The molecule has 3 nitrogen and oxygen atoms in total. The number of hydrogen-bond acceptors (Lipinski definition) is 3. The van der Waals surface area contributed by atoms with Crippen molar-refractivity contribution in [1.29, 1.82) is 0 Å². The number of allylic oxidation sites excluding steroid dienone is 2. The summed E-state index contributed by atoms with van der Waals surface area (Å²) >= 11 is 0. The lowest BCUT2D eigenvalue weighted by Gasteiger charge is -2.42. The molecule has 0 bridgehead atoms. The van der Waals surface area contributed by atoms with Gasteiger partial charge in [-0.3, -0.25) is 0 Å². The van der Waals surface area contributed by atoms with Gasteiger partial charge in [-0.05, 0) is 105 Å². The van der Waals surface area contributed by atoms with E-state index < -0.39 is 11.8 Å². The first kappa shape index (κ1) is 26.1. The number of halogens is 2. The number of hydrogen-bond donors (Lipinski definition) is 0. The van der Waals surface area contributed by atoms with E-state index in [9.17, 15) is 9.18 Å². The maximum Gasteiger partial charge on any atom is 0.343 e. The molecular formula is C31H36F2O3. The molecule has 0 radical (unpaired) electrons. The topological polar surface area (TPSA) is 35.5 Å². The fraction of sp³-hybridized carbons (Fsp3) is 0.452. The molecule has 0 amide bonds. The van der Waals surface area contributed by atoms with Crippen molar-refractivity contribution in [2.24, 2.45) is 17.8 Å². The minimum Gasteiger partial charge on any atom is -0.489 e. The van der Waals surface area contributed by atoms with Gasteiger partial charge in [-0.25, -0.2) is 13.6 Å². The normalized spacial score (nSPS) is 23.8. The Bertz CT molecular complexity index is 1090. The van der Waals surface area contributed by atoms with E-state index in [2.05, 4.69) is 25.7 Å². The average molecular weight is 495 g/mol. The molecule has 0 spiro atoms. The number of fused-ring (bicyclic) bond motifs is 1. The van der Waals surface area contributed by atoms with Crippen molar-refractivity contribution < 1.29 is 23.0 Å². The van der Waals surface area contributed by atoms with Gasteiger partial charge in [0.15, 0.2) is 11.6 Å². The standard InChI is InChI=1S/C31H36F2O3/c1-3-5-6-7-21-8-9-23-18-24(11-10-22(23)17-21)27-14-12-25(19-28(27)32)31(34)36-30-15-13-26(20-29(30)33)35-16-4-2/h3-5,12-15,19-24H,2,6-11,16-18H2,1H3/b5-3+. The van der Waals surface area contributed by atoms with Crippen LogP contribution in [-0.4, -0.2) is 12.6 Å². The van der Waals surface area contributed by atoms with Crippen molar-refractivity contribution in [2.45, 2.75) is 64.2 Å². The van der Waals surface area contributed by atoms with Crippen molar-refractivity contribution >= 4 is 5.97 Å². The second kappa shape index (κ2) is 12.3. The molecular weight excluding hydrogens is 458 g/mol. The van der Waals surface area contributed by atoms with Crippen LogP contribution in [0.15, 0.2) is 61.2 Å². The monoisotopic (exact) mass is 494 g/mol. The molecule has 192 valence electrons. The number of carbonyl (C=O) groups excluding carboxylic acids is 1. The van der Waals surface area contributed by atoms with E-state index >= 15 is 4.39 Å². The predicted molar refractivity (Wildman–Crippen MR) is 138 cm³/mol. The van der Waals surface area contributed by atoms with E-state index in [1.54, 1.807) is 18.2 Å². The molecule has 2 saturated carbocycles. The maximum absolute atomic E-state index is 15.1. The van der Waals surface area contributed by atoms with E-state index in [4.69, 9.17) is 9.47 Å². The molecule has 2 aliphatic carbocycles. The van der Waals surface area contributed by atoms with Gasteiger partial charge < -0.3 is 9.47 Å². The highest BCUT2D eigenvalue weighted by Gasteiger charge is 2.36. The highest BCUT2D eigenvalue weighted by molar-refractivity contribution is 5.91. The van der Waals surface area contributed by atoms with Crippen molar-refractivity contribution in [3.8, 4) is 11.5 Å². The van der Waals surface area contributed by atoms with Crippen LogP contribution in [0.25, 0.3) is 0 Å². The predicted octanol–water partition coefficient (Wildman–Crippen LogP) is 8.41. The van der Waals surface area contributed by atoms with E-state index in [-0.39, 0.29) is 29.7 Å². The van der Waals surface area contributed by atoms with Gasteiger partial charge in [-0.2, -0.15) is 0 Å². The van der Waals surface area contributed by atoms with Gasteiger partial charge in [-0.1, -0.05) is 37.3 Å². The van der Waals surface area contributed by atoms with Crippen LogP contribution in [0.3, 0.4) is 0 Å². The summed E-state index contributed by atoms with van der Waals surface area (Å²) in [4.78, 5) is 12.6. The van der Waals surface area contributed by atoms with Gasteiger partial charge in [0, 0.05) is 6.07 Å². The molecule has 0 saturated heterocycles. The molecule has 4 unspecified atom stereocenters. The van der Waals surface area contributed by atoms with Crippen LogP contribution in [0, 0.1) is 29.4 Å². The third-order valence-corrected chi connectivity index (χ3v) is 7.85. The molecule has 2 fully saturated rings. The zero-order chi connectivity index (χ0) is 25.5. The zero-order valence-corrected chi connectivity index (χ0v) is 21.1. The second-order valence-corrected chi connectivity index (χ2v) is 10.2. The third-order valence-electron chi connectivity index (χ3n) is 7.85. The lowest BCUT2D eigenvalue weighted by Crippen LogP contribution is -2.30. The smallest absolute Gasteiger partial charge is 0.343 e. The lowest BCUT2D eigenvalue weighted by molar-refractivity contribution is 0.0727. The van der Waals surface area contributed by atoms with E-state index in [0.717, 1.165) is 37.2 Å². The van der Waals surface area contributed by atoms with Crippen LogP contribution in [0.4, 0.5) is 8.78 Å². The van der Waals surface area contributed by atoms with E-state index in [1.807, 2.05) is 0 Å². The minimum absolute atomic E-state index is 0.0676. The third kappa shape index (κ3) is 6.43. The highest BCUT2D eigenvalue weighted by atomic mass is 19.1. The average Bonchev–Trinajstić information content (AvgIpc) is 2.88. The van der Waals surface area contributed by atoms with Crippen LogP contribution >= 0.6 is 0 Å². The Balaban J connectivity index is 1.35. The minimum atomic E-state index is -0.793. The largest absolute Gasteiger partial charge is 0.489 e. The fourth-order valence-electron chi connectivity index (χ4n) is 5.98. The first-order valence-electron chi connectivity index (χ1n) is 13.1. The number of carbonyl (C=O) groups is 1. The summed E-state index contributed by atoms with van der Waals surface area (Å²) in [6.07, 6.45) is 15.3. The molecule has 0 heterocycles. The Kier molecular flexibility index (Phi) is 8.95. The van der Waals surface area contributed by atoms with Crippen LogP contribution in [0.2, 0.25) is 0 Å². The molecule has 2 aromatic rings. The van der Waals surface area contributed by atoms with E-state index in [1.165, 1.54) is 50.3 Å². The Hall–Kier alpha value is -2.95. The van der Waals surface area contributed by atoms with Gasteiger partial charge in [0.25, 0.3) is 0 Å². The van der Waals surface area contributed by atoms with Crippen LogP contribution in [0.5, 0.6) is 11.5 Å². The number of esters is 1. The summed E-state index contributed by atoms with van der Waals surface area (Å²) in [7, 11) is 0. The van der Waals surface area contributed by atoms with Gasteiger partial charge in [0.2, 0.25) is 0 Å². The maximum atomic E-state index is 15.1. The molecule has 4 rings (SSSR count). The highest BCUT2D eigenvalue weighted by Crippen LogP contribution is 2.48. The van der Waals surface area contributed by atoms with Crippen molar-refractivity contribution in [2.75, 3.05) is 6.61 Å². The molecule has 4 atom stereocenters. The van der Waals surface area contributed by atoms with Gasteiger partial charge >= 0.3 is 5.97 Å². The van der Waals surface area contributed by atoms with Gasteiger partial charge in [0.1, 0.15) is 18.2 Å². The summed E-state index contributed by atoms with van der Waals surface area (Å²) < 4.78 is 39.9.